The van der Waals surface area contributed by atoms with E-state index in [1.54, 1.807) is 0 Å². The molecule has 1 fully saturated rings. The summed E-state index contributed by atoms with van der Waals surface area (Å²) in [5.74, 6) is 0. The van der Waals surface area contributed by atoms with E-state index in [4.69, 9.17) is 22.7 Å². The second-order valence-electron chi connectivity index (χ2n) is 3.55. The number of hydrogen-bond acceptors (Lipinski definition) is 3. The first-order chi connectivity index (χ1) is 7.79. The van der Waals surface area contributed by atoms with Gasteiger partial charge in [0.2, 0.25) is 0 Å². The predicted octanol–water partition coefficient (Wildman–Crippen LogP) is 0.984. The number of rotatable bonds is 2. The third-order valence-electron chi connectivity index (χ3n) is 2.48. The summed E-state index contributed by atoms with van der Waals surface area (Å²) < 4.78 is 5.31. The van der Waals surface area contributed by atoms with Crippen molar-refractivity contribution >= 4 is 23.0 Å². The first kappa shape index (κ1) is 11.3. The number of benzene rings is 1. The topological polar surface area (TPSA) is 41.7 Å². The summed E-state index contributed by atoms with van der Waals surface area (Å²) in [6, 6.07) is 9.91. The van der Waals surface area contributed by atoms with Crippen LogP contribution in [0, 0.1) is 0 Å². The highest BCUT2D eigenvalue weighted by molar-refractivity contribution is 7.80. The van der Waals surface area contributed by atoms with Gasteiger partial charge >= 0.3 is 0 Å². The van der Waals surface area contributed by atoms with Gasteiger partial charge in [-0.2, -0.15) is 0 Å². The molecule has 0 radical (unpaired) electrons. The number of nitrogens with two attached hydrogens (primary N) is 1. The van der Waals surface area contributed by atoms with Crippen LogP contribution in [0.25, 0.3) is 0 Å². The highest BCUT2D eigenvalue weighted by atomic mass is 32.1. The summed E-state index contributed by atoms with van der Waals surface area (Å²) >= 11 is 5.10. The average molecular weight is 237 g/mol. The molecule has 1 aromatic rings. The molecule has 1 aromatic carbocycles. The largest absolute Gasteiger partial charge is 0.379 e. The molecule has 0 unspecified atom stereocenters. The van der Waals surface area contributed by atoms with E-state index in [0.717, 1.165) is 18.8 Å². The van der Waals surface area contributed by atoms with E-state index < -0.39 is 0 Å². The highest BCUT2D eigenvalue weighted by Gasteiger charge is 2.20. The Balaban J connectivity index is 2.20. The van der Waals surface area contributed by atoms with E-state index in [2.05, 4.69) is 5.01 Å². The molecule has 5 heteroatoms. The van der Waals surface area contributed by atoms with Gasteiger partial charge in [-0.25, -0.2) is 10.0 Å². The van der Waals surface area contributed by atoms with E-state index in [9.17, 15) is 0 Å². The summed E-state index contributed by atoms with van der Waals surface area (Å²) in [4.78, 5) is 0. The number of nitrogens with zero attached hydrogens (tertiary/aromatic N) is 2. The summed E-state index contributed by atoms with van der Waals surface area (Å²) in [5.41, 5.74) is 6.77. The molecular formula is C11H15N3OS. The standard InChI is InChI=1S/C11H15N3OS/c12-11(16)14(10-4-2-1-3-5-10)13-6-8-15-9-7-13/h1-5H,6-9H2,(H2,12,16). The van der Waals surface area contributed by atoms with Crippen molar-refractivity contribution in [1.29, 1.82) is 0 Å². The smallest absolute Gasteiger partial charge is 0.185 e. The molecule has 0 bridgehead atoms. The molecule has 0 saturated carbocycles. The summed E-state index contributed by atoms with van der Waals surface area (Å²) in [7, 11) is 0. The van der Waals surface area contributed by atoms with Crippen LogP contribution >= 0.6 is 12.2 Å². The van der Waals surface area contributed by atoms with Gasteiger partial charge in [0.1, 0.15) is 0 Å². The van der Waals surface area contributed by atoms with Gasteiger partial charge in [0.15, 0.2) is 5.11 Å². The molecule has 1 saturated heterocycles. The molecule has 2 N–H and O–H groups in total. The van der Waals surface area contributed by atoms with Crippen molar-refractivity contribution in [2.24, 2.45) is 5.73 Å². The Hall–Kier alpha value is -1.17. The molecule has 1 heterocycles. The second-order valence-corrected chi connectivity index (χ2v) is 3.97. The average Bonchev–Trinajstić information content (AvgIpc) is 2.31. The number of para-hydroxylation sites is 1. The Morgan fingerprint density at radius 2 is 1.88 bits per heavy atom. The quantitative estimate of drug-likeness (QED) is 0.777. The fourth-order valence-electron chi connectivity index (χ4n) is 1.75. The monoisotopic (exact) mass is 237 g/mol. The number of ether oxygens (including phenoxy) is 1. The maximum Gasteiger partial charge on any atom is 0.185 e. The van der Waals surface area contributed by atoms with Crippen LogP contribution in [-0.4, -0.2) is 36.4 Å². The van der Waals surface area contributed by atoms with E-state index in [1.807, 2.05) is 35.3 Å². The van der Waals surface area contributed by atoms with Crippen LogP contribution in [0.3, 0.4) is 0 Å². The Morgan fingerprint density at radius 1 is 1.25 bits per heavy atom. The molecule has 2 rings (SSSR count). The van der Waals surface area contributed by atoms with Crippen LogP contribution in [-0.2, 0) is 4.74 Å². The zero-order valence-corrected chi connectivity index (χ0v) is 9.82. The van der Waals surface area contributed by atoms with Gasteiger partial charge < -0.3 is 10.5 Å². The van der Waals surface area contributed by atoms with Crippen LogP contribution in [0.2, 0.25) is 0 Å². The van der Waals surface area contributed by atoms with Crippen LogP contribution in [0.15, 0.2) is 30.3 Å². The Morgan fingerprint density at radius 3 is 2.44 bits per heavy atom. The van der Waals surface area contributed by atoms with E-state index in [0.29, 0.717) is 18.3 Å². The Kier molecular flexibility index (Phi) is 3.71. The van der Waals surface area contributed by atoms with Crippen molar-refractivity contribution in [3.05, 3.63) is 30.3 Å². The van der Waals surface area contributed by atoms with Crippen LogP contribution in [0.4, 0.5) is 5.69 Å². The number of hydrazine groups is 1. The molecule has 0 aliphatic carbocycles. The van der Waals surface area contributed by atoms with Crippen molar-refractivity contribution in [3.63, 3.8) is 0 Å². The molecular weight excluding hydrogens is 222 g/mol. The van der Waals surface area contributed by atoms with Gasteiger partial charge in [-0.1, -0.05) is 18.2 Å². The van der Waals surface area contributed by atoms with Gasteiger partial charge in [-0.05, 0) is 24.4 Å². The van der Waals surface area contributed by atoms with Crippen LogP contribution in [0.1, 0.15) is 0 Å². The lowest BCUT2D eigenvalue weighted by atomic mass is 10.3. The van der Waals surface area contributed by atoms with E-state index in [1.165, 1.54) is 0 Å². The van der Waals surface area contributed by atoms with Crippen LogP contribution in [0.5, 0.6) is 0 Å². The zero-order chi connectivity index (χ0) is 11.4. The fourth-order valence-corrected chi connectivity index (χ4v) is 1.97. The van der Waals surface area contributed by atoms with E-state index >= 15 is 0 Å². The minimum absolute atomic E-state index is 0.369. The minimum atomic E-state index is 0.369. The Bertz CT molecular complexity index is 352. The summed E-state index contributed by atoms with van der Waals surface area (Å²) in [6.07, 6.45) is 0. The van der Waals surface area contributed by atoms with Crippen LogP contribution < -0.4 is 10.7 Å². The molecule has 0 amide bonds. The molecule has 4 nitrogen and oxygen atoms in total. The van der Waals surface area contributed by atoms with Crippen molar-refractivity contribution in [2.75, 3.05) is 31.3 Å². The molecule has 16 heavy (non-hydrogen) atoms. The lowest BCUT2D eigenvalue weighted by Gasteiger charge is -2.37. The molecule has 1 aliphatic rings. The van der Waals surface area contributed by atoms with Gasteiger partial charge in [0, 0.05) is 13.1 Å². The van der Waals surface area contributed by atoms with Gasteiger partial charge in [-0.15, -0.1) is 0 Å². The molecule has 0 aromatic heterocycles. The second kappa shape index (κ2) is 5.25. The fraction of sp³-hybridized carbons (Fsp3) is 0.364. The number of thiocarbonyl (C=S) groups is 1. The first-order valence-corrected chi connectivity index (χ1v) is 5.67. The van der Waals surface area contributed by atoms with Gasteiger partial charge in [0.25, 0.3) is 0 Å². The third kappa shape index (κ3) is 2.49. The number of anilines is 1. The third-order valence-corrected chi connectivity index (χ3v) is 2.65. The lowest BCUT2D eigenvalue weighted by Crippen LogP contribution is -2.53. The van der Waals surface area contributed by atoms with Gasteiger partial charge in [-0.3, -0.25) is 0 Å². The Labute approximate surface area is 101 Å². The first-order valence-electron chi connectivity index (χ1n) is 5.26. The summed E-state index contributed by atoms with van der Waals surface area (Å²) in [5, 5.41) is 4.35. The van der Waals surface area contributed by atoms with Gasteiger partial charge in [0.05, 0.1) is 18.9 Å². The highest BCUT2D eigenvalue weighted by Crippen LogP contribution is 2.16. The molecule has 0 spiro atoms. The SMILES string of the molecule is NC(=S)N(c1ccccc1)N1CCOCC1. The van der Waals surface area contributed by atoms with E-state index in [-0.39, 0.29) is 0 Å². The molecule has 86 valence electrons. The number of hydrogen-bond donors (Lipinski definition) is 1. The lowest BCUT2D eigenvalue weighted by molar-refractivity contribution is 0.0395. The van der Waals surface area contributed by atoms with Crippen molar-refractivity contribution in [1.82, 2.24) is 5.01 Å². The van der Waals surface area contributed by atoms with Crippen molar-refractivity contribution < 1.29 is 4.74 Å². The zero-order valence-electron chi connectivity index (χ0n) is 9.00. The predicted molar refractivity (Wildman–Crippen MR) is 68.1 cm³/mol. The number of morpholine rings is 1. The maximum atomic E-state index is 5.77. The van der Waals surface area contributed by atoms with Crippen molar-refractivity contribution in [2.45, 2.75) is 0 Å². The van der Waals surface area contributed by atoms with Crippen molar-refractivity contribution in [3.8, 4) is 0 Å². The molecule has 1 aliphatic heterocycles. The minimum Gasteiger partial charge on any atom is -0.379 e. The molecule has 0 atom stereocenters. The summed E-state index contributed by atoms with van der Waals surface area (Å²) in [6.45, 7) is 3.05. The normalized spacial score (nSPS) is 17.0. The maximum absolute atomic E-state index is 5.77.